The Labute approximate surface area is 267 Å². The van der Waals surface area contributed by atoms with Crippen LogP contribution >= 0.6 is 0 Å². The number of carbonyl (C=O) groups is 2. The van der Waals surface area contributed by atoms with Gasteiger partial charge in [0.05, 0.1) is 18.1 Å². The van der Waals surface area contributed by atoms with Gasteiger partial charge in [-0.3, -0.25) is 4.79 Å². The summed E-state index contributed by atoms with van der Waals surface area (Å²) in [6.45, 7) is 15.4. The van der Waals surface area contributed by atoms with Crippen molar-refractivity contribution in [1.82, 2.24) is 0 Å². The standard InChI is InChI=1S/C34H52N6O5/c1-7-44-27(42)18-45-29(43)32-14-10-22(21(2)3)28(32)23-8-9-25-31(6)13-12-26(41)30(4,5)24(31)11-15-34(25,20-38-40-36)33(23,17-16-32)19-37-39-35/h22-26,28,41H,2,7-20H2,1,3-6H3/t22-,23?,24?,25?,26-,28?,31-,32-,33-,34-/m0/s1. The van der Waals surface area contributed by atoms with Gasteiger partial charge in [0.2, 0.25) is 0 Å². The van der Waals surface area contributed by atoms with Gasteiger partial charge >= 0.3 is 11.9 Å². The van der Waals surface area contributed by atoms with Gasteiger partial charge in [0.25, 0.3) is 0 Å². The van der Waals surface area contributed by atoms with E-state index >= 15 is 0 Å². The van der Waals surface area contributed by atoms with E-state index in [1.54, 1.807) is 6.92 Å². The molecule has 11 nitrogen and oxygen atoms in total. The number of aliphatic hydroxyl groups is 1. The number of ether oxygens (including phenoxy) is 2. The Morgan fingerprint density at radius 2 is 1.58 bits per heavy atom. The van der Waals surface area contributed by atoms with Crippen LogP contribution in [0.2, 0.25) is 0 Å². The van der Waals surface area contributed by atoms with E-state index in [0.717, 1.165) is 50.5 Å². The quantitative estimate of drug-likeness (QED) is 0.0909. The maximum absolute atomic E-state index is 14.1. The average molecular weight is 625 g/mol. The summed E-state index contributed by atoms with van der Waals surface area (Å²) in [4.78, 5) is 32.9. The van der Waals surface area contributed by atoms with Crippen LogP contribution < -0.4 is 0 Å². The van der Waals surface area contributed by atoms with Crippen LogP contribution in [0.1, 0.15) is 98.8 Å². The Kier molecular flexibility index (Phi) is 9.06. The third-order valence-electron chi connectivity index (χ3n) is 14.2. The summed E-state index contributed by atoms with van der Waals surface area (Å²) >= 11 is 0. The van der Waals surface area contributed by atoms with E-state index in [2.05, 4.69) is 47.4 Å². The van der Waals surface area contributed by atoms with Crippen molar-refractivity contribution in [3.05, 3.63) is 33.0 Å². The molecule has 11 heteroatoms. The number of carbonyl (C=O) groups excluding carboxylic acids is 2. The van der Waals surface area contributed by atoms with Crippen molar-refractivity contribution < 1.29 is 24.2 Å². The SMILES string of the molecule is C=C(C)[C@@H]1CC[C@]2(C(=O)OCC(=O)OCC)CC[C@]3(CN=[N+]=[N-])C(CCC4[C@@]5(C)CC[C@H](O)C(C)(C)C5CC[C@]43CN=[N+]=[N-])C12. The van der Waals surface area contributed by atoms with Crippen LogP contribution in [-0.2, 0) is 19.1 Å². The lowest BCUT2D eigenvalue weighted by atomic mass is 9.31. The molecule has 0 bridgehead atoms. The number of fused-ring (bicyclic) bond motifs is 7. The molecule has 248 valence electrons. The second-order valence-corrected chi connectivity index (χ2v) is 15.9. The fraction of sp³-hybridized carbons (Fsp3) is 0.882. The molecule has 5 rings (SSSR count). The predicted octanol–water partition coefficient (Wildman–Crippen LogP) is 7.69. The van der Waals surface area contributed by atoms with Crippen molar-refractivity contribution in [2.75, 3.05) is 26.3 Å². The van der Waals surface area contributed by atoms with Crippen LogP contribution in [-0.4, -0.2) is 49.5 Å². The Bertz CT molecular complexity index is 1310. The zero-order valence-corrected chi connectivity index (χ0v) is 27.8. The van der Waals surface area contributed by atoms with Gasteiger partial charge in [-0.2, -0.15) is 0 Å². The second-order valence-electron chi connectivity index (χ2n) is 15.9. The fourth-order valence-corrected chi connectivity index (χ4v) is 12.5. The number of rotatable bonds is 9. The van der Waals surface area contributed by atoms with E-state index in [0.29, 0.717) is 31.7 Å². The molecular formula is C34H52N6O5. The zero-order chi connectivity index (χ0) is 32.8. The van der Waals surface area contributed by atoms with Crippen LogP contribution in [0.3, 0.4) is 0 Å². The minimum atomic E-state index is -0.773. The lowest BCUT2D eigenvalue weighted by Gasteiger charge is -2.73. The molecule has 0 heterocycles. The van der Waals surface area contributed by atoms with Crippen molar-refractivity contribution >= 4 is 11.9 Å². The van der Waals surface area contributed by atoms with Crippen LogP contribution in [0.25, 0.3) is 20.9 Å². The molecule has 1 N–H and O–H groups in total. The van der Waals surface area contributed by atoms with Crippen LogP contribution in [0, 0.1) is 56.7 Å². The number of aliphatic hydroxyl groups excluding tert-OH is 1. The summed E-state index contributed by atoms with van der Waals surface area (Å²) in [6.07, 6.45) is 7.41. The van der Waals surface area contributed by atoms with E-state index in [1.165, 1.54) is 0 Å². The number of allylic oxidation sites excluding steroid dienone is 1. The maximum Gasteiger partial charge on any atom is 0.344 e. The summed E-state index contributed by atoms with van der Waals surface area (Å²) in [5, 5.41) is 19.8. The highest BCUT2D eigenvalue weighted by Crippen LogP contribution is 2.78. The molecule has 0 aromatic heterocycles. The molecule has 5 fully saturated rings. The normalized spacial score (nSPS) is 42.7. The van der Waals surface area contributed by atoms with E-state index in [1.807, 2.05) is 6.92 Å². The molecule has 0 radical (unpaired) electrons. The van der Waals surface area contributed by atoms with Gasteiger partial charge < -0.3 is 14.6 Å². The van der Waals surface area contributed by atoms with Crippen LogP contribution in [0.15, 0.2) is 22.4 Å². The summed E-state index contributed by atoms with van der Waals surface area (Å²) in [5.74, 6) is -0.373. The fourth-order valence-electron chi connectivity index (χ4n) is 12.5. The van der Waals surface area contributed by atoms with E-state index in [9.17, 15) is 25.8 Å². The molecule has 0 spiro atoms. The number of azide groups is 2. The largest absolute Gasteiger partial charge is 0.463 e. The highest BCUT2D eigenvalue weighted by Gasteiger charge is 2.74. The van der Waals surface area contributed by atoms with Gasteiger partial charge in [0.1, 0.15) is 0 Å². The second kappa shape index (κ2) is 12.1. The average Bonchev–Trinajstić information content (AvgIpc) is 3.41. The third kappa shape index (κ3) is 4.87. The zero-order valence-electron chi connectivity index (χ0n) is 27.8. The molecular weight excluding hydrogens is 572 g/mol. The van der Waals surface area contributed by atoms with Crippen molar-refractivity contribution in [3.8, 4) is 0 Å². The number of hydrogen-bond donors (Lipinski definition) is 1. The van der Waals surface area contributed by atoms with Crippen LogP contribution in [0.5, 0.6) is 0 Å². The Morgan fingerprint density at radius 1 is 0.889 bits per heavy atom. The van der Waals surface area contributed by atoms with Gasteiger partial charge in [-0.25, -0.2) is 4.79 Å². The highest BCUT2D eigenvalue weighted by molar-refractivity contribution is 5.81. The summed E-state index contributed by atoms with van der Waals surface area (Å²) in [7, 11) is 0. The van der Waals surface area contributed by atoms with Crippen molar-refractivity contribution in [3.63, 3.8) is 0 Å². The van der Waals surface area contributed by atoms with Gasteiger partial charge in [-0.05, 0) is 140 Å². The van der Waals surface area contributed by atoms with Gasteiger partial charge in [0, 0.05) is 22.9 Å². The number of hydrogen-bond acceptors (Lipinski definition) is 7. The smallest absolute Gasteiger partial charge is 0.344 e. The van der Waals surface area contributed by atoms with E-state index in [4.69, 9.17) is 9.47 Å². The predicted molar refractivity (Wildman–Crippen MR) is 169 cm³/mol. The third-order valence-corrected chi connectivity index (χ3v) is 14.2. The van der Waals surface area contributed by atoms with Crippen molar-refractivity contribution in [2.45, 2.75) is 105 Å². The Balaban J connectivity index is 1.64. The van der Waals surface area contributed by atoms with Gasteiger partial charge in [-0.15, -0.1) is 0 Å². The summed E-state index contributed by atoms with van der Waals surface area (Å²) < 4.78 is 10.8. The minimum Gasteiger partial charge on any atom is -0.463 e. The Morgan fingerprint density at radius 3 is 2.22 bits per heavy atom. The van der Waals surface area contributed by atoms with Crippen LogP contribution in [0.4, 0.5) is 0 Å². The molecule has 5 aliphatic rings. The first-order valence-electron chi connectivity index (χ1n) is 17.0. The lowest BCUT2D eigenvalue weighted by molar-refractivity contribution is -0.253. The van der Waals surface area contributed by atoms with E-state index in [-0.39, 0.29) is 59.7 Å². The van der Waals surface area contributed by atoms with E-state index < -0.39 is 28.8 Å². The molecule has 0 saturated heterocycles. The molecule has 0 aromatic carbocycles. The highest BCUT2D eigenvalue weighted by atomic mass is 16.6. The first-order valence-corrected chi connectivity index (χ1v) is 17.0. The van der Waals surface area contributed by atoms with Gasteiger partial charge in [-0.1, -0.05) is 43.2 Å². The number of esters is 2. The topological polar surface area (TPSA) is 170 Å². The monoisotopic (exact) mass is 624 g/mol. The first kappa shape index (κ1) is 33.6. The van der Waals surface area contributed by atoms with Crippen molar-refractivity contribution in [2.24, 2.45) is 66.9 Å². The molecule has 45 heavy (non-hydrogen) atoms. The summed E-state index contributed by atoms with van der Waals surface area (Å²) in [6, 6.07) is 0. The molecule has 10 atom stereocenters. The molecule has 0 aliphatic heterocycles. The molecule has 5 saturated carbocycles. The first-order chi connectivity index (χ1) is 21.3. The Hall–Kier alpha value is -2.74. The molecule has 0 amide bonds. The number of nitrogens with zero attached hydrogens (tertiary/aromatic N) is 6. The molecule has 5 aliphatic carbocycles. The minimum absolute atomic E-state index is 0.0172. The summed E-state index contributed by atoms with van der Waals surface area (Å²) in [5.41, 5.74) is 18.4. The van der Waals surface area contributed by atoms with Crippen molar-refractivity contribution in [1.29, 1.82) is 0 Å². The van der Waals surface area contributed by atoms with Gasteiger partial charge in [0.15, 0.2) is 6.61 Å². The molecule has 4 unspecified atom stereocenters. The maximum atomic E-state index is 14.1. The lowest BCUT2D eigenvalue weighted by Crippen LogP contribution is -2.70. The molecule has 0 aromatic rings.